The number of rotatable bonds is 4. The van der Waals surface area contributed by atoms with Gasteiger partial charge in [-0.1, -0.05) is 11.8 Å². The van der Waals surface area contributed by atoms with Crippen molar-refractivity contribution in [1.82, 2.24) is 9.88 Å². The molecule has 1 fully saturated rings. The summed E-state index contributed by atoms with van der Waals surface area (Å²) < 4.78 is 5.39. The fourth-order valence-electron chi connectivity index (χ4n) is 1.86. The number of hydrogen-bond donors (Lipinski definition) is 1. The Labute approximate surface area is 121 Å². The number of amides is 1. The molecule has 108 valence electrons. The zero-order valence-electron chi connectivity index (χ0n) is 11.1. The molecule has 0 aliphatic carbocycles. The molecule has 2 heterocycles. The molecule has 0 spiro atoms. The molecule has 0 aromatic carbocycles. The number of nitrogens with zero attached hydrogens (tertiary/aromatic N) is 2. The number of carboxylic acids is 1. The van der Waals surface area contributed by atoms with Crippen molar-refractivity contribution in [2.24, 2.45) is 0 Å². The second kappa shape index (κ2) is 6.71. The minimum atomic E-state index is -1.01. The number of aromatic carboxylic acids is 1. The molecule has 1 unspecified atom stereocenters. The average Bonchev–Trinajstić information content (AvgIpc) is 2.45. The Hall–Kier alpha value is -1.60. The zero-order valence-corrected chi connectivity index (χ0v) is 11.9. The van der Waals surface area contributed by atoms with Gasteiger partial charge in [0.1, 0.15) is 0 Å². The van der Waals surface area contributed by atoms with Gasteiger partial charge in [0.2, 0.25) is 5.91 Å². The summed E-state index contributed by atoms with van der Waals surface area (Å²) in [5.41, 5.74) is 0.141. The second-order valence-corrected chi connectivity index (χ2v) is 5.50. The largest absolute Gasteiger partial charge is 0.478 e. The van der Waals surface area contributed by atoms with Crippen LogP contribution in [0.4, 0.5) is 0 Å². The van der Waals surface area contributed by atoms with Gasteiger partial charge in [-0.15, -0.1) is 0 Å². The quantitative estimate of drug-likeness (QED) is 0.839. The number of pyridine rings is 1. The molecule has 1 aromatic rings. The first-order valence-corrected chi connectivity index (χ1v) is 7.26. The van der Waals surface area contributed by atoms with Crippen LogP contribution in [0.2, 0.25) is 0 Å². The lowest BCUT2D eigenvalue weighted by Crippen LogP contribution is -2.45. The normalized spacial score (nSPS) is 18.9. The summed E-state index contributed by atoms with van der Waals surface area (Å²) in [6, 6.07) is 3.10. The van der Waals surface area contributed by atoms with Crippen molar-refractivity contribution in [2.45, 2.75) is 18.1 Å². The number of carbonyl (C=O) groups excluding carboxylic acids is 1. The van der Waals surface area contributed by atoms with Crippen LogP contribution in [0, 0.1) is 0 Å². The number of thioether (sulfide) groups is 1. The molecule has 0 saturated carbocycles. The Bertz CT molecular complexity index is 492. The SMILES string of the molecule is CC1CN(C(=O)CSc2ccc(C(=O)O)cn2)CCO1. The van der Waals surface area contributed by atoms with Crippen LogP contribution in [-0.4, -0.2) is 58.4 Å². The fraction of sp³-hybridized carbons (Fsp3) is 0.462. The summed E-state index contributed by atoms with van der Waals surface area (Å²) in [4.78, 5) is 28.5. The first kappa shape index (κ1) is 14.8. The highest BCUT2D eigenvalue weighted by molar-refractivity contribution is 7.99. The van der Waals surface area contributed by atoms with Gasteiger partial charge < -0.3 is 14.7 Å². The van der Waals surface area contributed by atoms with Gasteiger partial charge in [0.15, 0.2) is 0 Å². The Balaban J connectivity index is 1.85. The topological polar surface area (TPSA) is 79.7 Å². The number of ether oxygens (including phenoxy) is 1. The number of hydrogen-bond acceptors (Lipinski definition) is 5. The third-order valence-electron chi connectivity index (χ3n) is 2.92. The predicted molar refractivity (Wildman–Crippen MR) is 73.9 cm³/mol. The molecule has 2 rings (SSSR count). The van der Waals surface area contributed by atoms with Crippen LogP contribution in [0.1, 0.15) is 17.3 Å². The van der Waals surface area contributed by atoms with Crippen LogP contribution >= 0.6 is 11.8 Å². The summed E-state index contributed by atoms with van der Waals surface area (Å²) in [5.74, 6) is -0.659. The standard InChI is InChI=1S/C13H16N2O4S/c1-9-7-15(4-5-19-9)12(16)8-20-11-3-2-10(6-14-11)13(17)18/h2-3,6,9H,4-5,7-8H2,1H3,(H,17,18). The molecule has 1 amide bonds. The van der Waals surface area contributed by atoms with Crippen molar-refractivity contribution in [3.63, 3.8) is 0 Å². The van der Waals surface area contributed by atoms with Crippen molar-refractivity contribution < 1.29 is 19.4 Å². The van der Waals surface area contributed by atoms with Crippen molar-refractivity contribution in [1.29, 1.82) is 0 Å². The van der Waals surface area contributed by atoms with Gasteiger partial charge in [-0.2, -0.15) is 0 Å². The zero-order chi connectivity index (χ0) is 14.5. The molecule has 6 nitrogen and oxygen atoms in total. The Morgan fingerprint density at radius 1 is 1.55 bits per heavy atom. The summed E-state index contributed by atoms with van der Waals surface area (Å²) in [7, 11) is 0. The third-order valence-corrected chi connectivity index (χ3v) is 3.85. The van der Waals surface area contributed by atoms with Gasteiger partial charge in [0.05, 0.1) is 29.1 Å². The van der Waals surface area contributed by atoms with Gasteiger partial charge in [0.25, 0.3) is 0 Å². The lowest BCUT2D eigenvalue weighted by Gasteiger charge is -2.31. The molecular weight excluding hydrogens is 280 g/mol. The van der Waals surface area contributed by atoms with Gasteiger partial charge in [-0.05, 0) is 19.1 Å². The smallest absolute Gasteiger partial charge is 0.337 e. The molecule has 7 heteroatoms. The first-order chi connectivity index (χ1) is 9.56. The third kappa shape index (κ3) is 3.94. The lowest BCUT2D eigenvalue weighted by molar-refractivity contribution is -0.135. The number of carboxylic acid groups (broad SMARTS) is 1. The van der Waals surface area contributed by atoms with Gasteiger partial charge in [-0.3, -0.25) is 4.79 Å². The second-order valence-electron chi connectivity index (χ2n) is 4.50. The van der Waals surface area contributed by atoms with Gasteiger partial charge in [0, 0.05) is 19.3 Å². The van der Waals surface area contributed by atoms with E-state index in [0.29, 0.717) is 30.5 Å². The van der Waals surface area contributed by atoms with E-state index in [-0.39, 0.29) is 17.6 Å². The van der Waals surface area contributed by atoms with E-state index >= 15 is 0 Å². The molecule has 1 aromatic heterocycles. The van der Waals surface area contributed by atoms with E-state index in [2.05, 4.69) is 4.98 Å². The Morgan fingerprint density at radius 2 is 2.35 bits per heavy atom. The first-order valence-electron chi connectivity index (χ1n) is 6.28. The van der Waals surface area contributed by atoms with Crippen molar-refractivity contribution in [2.75, 3.05) is 25.4 Å². The van der Waals surface area contributed by atoms with Crippen LogP contribution < -0.4 is 0 Å². The molecule has 20 heavy (non-hydrogen) atoms. The maximum Gasteiger partial charge on any atom is 0.337 e. The number of morpholine rings is 1. The maximum atomic E-state index is 12.0. The predicted octanol–water partition coefficient (Wildman–Crippen LogP) is 1.12. The van der Waals surface area contributed by atoms with E-state index < -0.39 is 5.97 Å². The van der Waals surface area contributed by atoms with E-state index in [1.165, 1.54) is 24.0 Å². The monoisotopic (exact) mass is 296 g/mol. The van der Waals surface area contributed by atoms with Gasteiger partial charge >= 0.3 is 5.97 Å². The van der Waals surface area contributed by atoms with E-state index in [1.807, 2.05) is 6.92 Å². The van der Waals surface area contributed by atoms with Gasteiger partial charge in [-0.25, -0.2) is 9.78 Å². The molecule has 0 radical (unpaired) electrons. The summed E-state index contributed by atoms with van der Waals surface area (Å²) >= 11 is 1.31. The fourth-order valence-corrected chi connectivity index (χ4v) is 2.61. The van der Waals surface area contributed by atoms with Crippen LogP contribution in [0.15, 0.2) is 23.4 Å². The van der Waals surface area contributed by atoms with Crippen molar-refractivity contribution >= 4 is 23.6 Å². The maximum absolute atomic E-state index is 12.0. The molecule has 1 N–H and O–H groups in total. The number of carbonyl (C=O) groups is 2. The molecule has 1 aliphatic heterocycles. The highest BCUT2D eigenvalue weighted by atomic mass is 32.2. The van der Waals surface area contributed by atoms with E-state index in [0.717, 1.165) is 0 Å². The minimum absolute atomic E-state index is 0.0502. The van der Waals surface area contributed by atoms with Crippen molar-refractivity contribution in [3.05, 3.63) is 23.9 Å². The highest BCUT2D eigenvalue weighted by Crippen LogP contribution is 2.17. The van der Waals surface area contributed by atoms with Crippen LogP contribution in [-0.2, 0) is 9.53 Å². The molecule has 0 bridgehead atoms. The summed E-state index contributed by atoms with van der Waals surface area (Å²) in [6.45, 7) is 3.75. The molecule has 1 aliphatic rings. The number of aromatic nitrogens is 1. The van der Waals surface area contributed by atoms with Crippen LogP contribution in [0.25, 0.3) is 0 Å². The lowest BCUT2D eigenvalue weighted by atomic mass is 10.3. The van der Waals surface area contributed by atoms with E-state index in [4.69, 9.17) is 9.84 Å². The van der Waals surface area contributed by atoms with E-state index in [9.17, 15) is 9.59 Å². The average molecular weight is 296 g/mol. The molecular formula is C13H16N2O4S. The highest BCUT2D eigenvalue weighted by Gasteiger charge is 2.21. The summed E-state index contributed by atoms with van der Waals surface area (Å²) in [5, 5.41) is 9.41. The molecule has 1 saturated heterocycles. The van der Waals surface area contributed by atoms with Crippen molar-refractivity contribution in [3.8, 4) is 0 Å². The molecule has 1 atom stereocenters. The Morgan fingerprint density at radius 3 is 2.95 bits per heavy atom. The summed E-state index contributed by atoms with van der Waals surface area (Å²) in [6.07, 6.45) is 1.37. The Kier molecular flexibility index (Phi) is 4.97. The minimum Gasteiger partial charge on any atom is -0.478 e. The van der Waals surface area contributed by atoms with Crippen LogP contribution in [0.3, 0.4) is 0 Å². The van der Waals surface area contributed by atoms with Crippen LogP contribution in [0.5, 0.6) is 0 Å². The van der Waals surface area contributed by atoms with E-state index in [1.54, 1.807) is 11.0 Å².